The molecule has 0 fully saturated rings. The molecule has 5 nitrogen and oxygen atoms in total. The molecule has 0 aliphatic carbocycles. The summed E-state index contributed by atoms with van der Waals surface area (Å²) >= 11 is 14.6. The molecule has 0 spiro atoms. The Morgan fingerprint density at radius 1 is 1.15 bits per heavy atom. The lowest BCUT2D eigenvalue weighted by Gasteiger charge is -2.01. The minimum atomic E-state index is -0.303. The molecule has 0 saturated carbocycles. The highest BCUT2D eigenvalue weighted by Crippen LogP contribution is 2.34. The number of aryl methyl sites for hydroxylation is 1. The van der Waals surface area contributed by atoms with Gasteiger partial charge in [-0.05, 0) is 31.2 Å². The van der Waals surface area contributed by atoms with E-state index in [0.717, 1.165) is 21.5 Å². The largest absolute Gasteiger partial charge is 0.397 e. The van der Waals surface area contributed by atoms with Crippen LogP contribution in [-0.2, 0) is 0 Å². The first kappa shape index (κ1) is 18.2. The normalized spacial score (nSPS) is 11.1. The Balaban J connectivity index is 1.59. The van der Waals surface area contributed by atoms with Gasteiger partial charge in [0.1, 0.15) is 9.71 Å². The Bertz CT molecular complexity index is 1190. The van der Waals surface area contributed by atoms with Gasteiger partial charge < -0.3 is 5.73 Å². The Labute approximate surface area is 172 Å². The number of amides is 1. The first-order valence-electron chi connectivity index (χ1n) is 7.80. The summed E-state index contributed by atoms with van der Waals surface area (Å²) in [6, 6.07) is 9.03. The van der Waals surface area contributed by atoms with Crippen LogP contribution in [0.4, 0.5) is 10.8 Å². The first-order valence-corrected chi connectivity index (χ1v) is 10.3. The summed E-state index contributed by atoms with van der Waals surface area (Å²) < 4.78 is 0. The molecule has 0 aliphatic rings. The zero-order chi connectivity index (χ0) is 19.1. The average Bonchev–Trinajstić information content (AvgIpc) is 3.22. The number of benzene rings is 1. The molecule has 0 aliphatic heterocycles. The molecule has 1 aromatic carbocycles. The molecule has 0 bridgehead atoms. The maximum Gasteiger partial charge on any atom is 0.269 e. The average molecular weight is 435 g/mol. The van der Waals surface area contributed by atoms with E-state index in [-0.39, 0.29) is 5.91 Å². The van der Waals surface area contributed by atoms with Crippen molar-refractivity contribution in [2.75, 3.05) is 11.1 Å². The van der Waals surface area contributed by atoms with E-state index in [2.05, 4.69) is 15.3 Å². The van der Waals surface area contributed by atoms with E-state index in [1.807, 2.05) is 30.5 Å². The maximum atomic E-state index is 12.7. The van der Waals surface area contributed by atoms with Crippen LogP contribution in [0.5, 0.6) is 0 Å². The van der Waals surface area contributed by atoms with Crippen LogP contribution in [-0.4, -0.2) is 15.9 Å². The van der Waals surface area contributed by atoms with Crippen molar-refractivity contribution < 1.29 is 4.79 Å². The van der Waals surface area contributed by atoms with Crippen molar-refractivity contribution in [3.8, 4) is 11.3 Å². The third-order valence-electron chi connectivity index (χ3n) is 3.88. The molecule has 0 atom stereocenters. The monoisotopic (exact) mass is 434 g/mol. The van der Waals surface area contributed by atoms with Gasteiger partial charge in [-0.2, -0.15) is 0 Å². The number of nitrogens with two attached hydrogens (primary N) is 1. The molecule has 3 heterocycles. The second kappa shape index (κ2) is 7.09. The maximum absolute atomic E-state index is 12.7. The quantitative estimate of drug-likeness (QED) is 0.422. The van der Waals surface area contributed by atoms with Gasteiger partial charge in [-0.25, -0.2) is 9.97 Å². The lowest BCUT2D eigenvalue weighted by molar-refractivity contribution is 0.103. The van der Waals surface area contributed by atoms with E-state index in [1.165, 1.54) is 22.7 Å². The van der Waals surface area contributed by atoms with Crippen molar-refractivity contribution in [3.05, 3.63) is 56.3 Å². The molecule has 0 saturated heterocycles. The number of thiophene rings is 1. The number of nitrogens with one attached hydrogen (secondary N) is 1. The number of pyridine rings is 1. The Kier molecular flexibility index (Phi) is 4.77. The molecule has 3 N–H and O–H groups in total. The standard InChI is InChI=1S/C18H12Cl2N4OS2/c1-8-2-4-10-14(21)15(27-17(10)22-8)16(25)24-18-23-13(7-26-18)9-3-5-11(19)12(20)6-9/h2-7H,21H2,1H3,(H,23,24,25). The second-order valence-corrected chi connectivity index (χ2v) is 8.44. The molecule has 0 unspecified atom stereocenters. The highest BCUT2D eigenvalue weighted by atomic mass is 35.5. The van der Waals surface area contributed by atoms with Crippen LogP contribution < -0.4 is 11.1 Å². The predicted molar refractivity (Wildman–Crippen MR) is 114 cm³/mol. The van der Waals surface area contributed by atoms with Gasteiger partial charge in [0.15, 0.2) is 5.13 Å². The van der Waals surface area contributed by atoms with Crippen LogP contribution in [0.15, 0.2) is 35.7 Å². The number of aromatic nitrogens is 2. The number of rotatable bonds is 3. The fourth-order valence-electron chi connectivity index (χ4n) is 2.53. The fraction of sp³-hybridized carbons (Fsp3) is 0.0556. The van der Waals surface area contributed by atoms with Gasteiger partial charge in [-0.15, -0.1) is 22.7 Å². The first-order chi connectivity index (χ1) is 12.9. The van der Waals surface area contributed by atoms with E-state index in [4.69, 9.17) is 28.9 Å². The molecular formula is C18H12Cl2N4OS2. The van der Waals surface area contributed by atoms with Gasteiger partial charge in [0.2, 0.25) is 0 Å². The number of carbonyl (C=O) groups is 1. The van der Waals surface area contributed by atoms with E-state index in [0.29, 0.717) is 31.4 Å². The van der Waals surface area contributed by atoms with Crippen LogP contribution in [0.1, 0.15) is 15.4 Å². The summed E-state index contributed by atoms with van der Waals surface area (Å²) in [5, 5.41) is 6.83. The zero-order valence-corrected chi connectivity index (χ0v) is 17.1. The molecule has 27 heavy (non-hydrogen) atoms. The molecule has 3 aromatic heterocycles. The second-order valence-electron chi connectivity index (χ2n) is 5.77. The molecule has 4 rings (SSSR count). The van der Waals surface area contributed by atoms with Gasteiger partial charge >= 0.3 is 0 Å². The molecule has 0 radical (unpaired) electrons. The van der Waals surface area contributed by atoms with Crippen molar-refractivity contribution in [3.63, 3.8) is 0 Å². The summed E-state index contributed by atoms with van der Waals surface area (Å²) in [6.45, 7) is 1.90. The fourth-order valence-corrected chi connectivity index (χ4v) is 4.58. The third-order valence-corrected chi connectivity index (χ3v) is 6.49. The topological polar surface area (TPSA) is 80.9 Å². The van der Waals surface area contributed by atoms with Crippen molar-refractivity contribution >= 4 is 72.8 Å². The molecular weight excluding hydrogens is 423 g/mol. The smallest absolute Gasteiger partial charge is 0.269 e. The number of carbonyl (C=O) groups excluding carboxylic acids is 1. The number of hydrogen-bond acceptors (Lipinski definition) is 6. The Morgan fingerprint density at radius 3 is 2.74 bits per heavy atom. The number of thiazole rings is 1. The predicted octanol–water partition coefficient (Wildman–Crippen LogP) is 5.87. The summed E-state index contributed by atoms with van der Waals surface area (Å²) in [5.74, 6) is -0.303. The highest BCUT2D eigenvalue weighted by Gasteiger charge is 2.18. The van der Waals surface area contributed by atoms with E-state index < -0.39 is 0 Å². The number of fused-ring (bicyclic) bond motifs is 1. The lowest BCUT2D eigenvalue weighted by Crippen LogP contribution is -2.11. The van der Waals surface area contributed by atoms with Gasteiger partial charge in [-0.3, -0.25) is 10.1 Å². The number of nitrogens with zero attached hydrogens (tertiary/aromatic N) is 2. The highest BCUT2D eigenvalue weighted by molar-refractivity contribution is 7.21. The van der Waals surface area contributed by atoms with Gasteiger partial charge in [0.05, 0.1) is 21.4 Å². The molecule has 9 heteroatoms. The van der Waals surface area contributed by atoms with Crippen LogP contribution in [0, 0.1) is 6.92 Å². The number of hydrogen-bond donors (Lipinski definition) is 2. The SMILES string of the molecule is Cc1ccc2c(N)c(C(=O)Nc3nc(-c4ccc(Cl)c(Cl)c4)cs3)sc2n1. The van der Waals surface area contributed by atoms with Gasteiger partial charge in [0.25, 0.3) is 5.91 Å². The van der Waals surface area contributed by atoms with Crippen molar-refractivity contribution in [2.45, 2.75) is 6.92 Å². The van der Waals surface area contributed by atoms with Crippen molar-refractivity contribution in [1.82, 2.24) is 9.97 Å². The van der Waals surface area contributed by atoms with E-state index in [1.54, 1.807) is 12.1 Å². The van der Waals surface area contributed by atoms with Crippen LogP contribution in [0.25, 0.3) is 21.5 Å². The Morgan fingerprint density at radius 2 is 1.96 bits per heavy atom. The van der Waals surface area contributed by atoms with Crippen LogP contribution in [0.3, 0.4) is 0 Å². The Hall–Kier alpha value is -2.19. The minimum absolute atomic E-state index is 0.303. The molecule has 1 amide bonds. The minimum Gasteiger partial charge on any atom is -0.397 e. The van der Waals surface area contributed by atoms with Crippen molar-refractivity contribution in [2.24, 2.45) is 0 Å². The third kappa shape index (κ3) is 3.51. The van der Waals surface area contributed by atoms with Crippen molar-refractivity contribution in [1.29, 1.82) is 0 Å². The van der Waals surface area contributed by atoms with E-state index in [9.17, 15) is 4.79 Å². The molecule has 136 valence electrons. The lowest BCUT2D eigenvalue weighted by atomic mass is 10.2. The summed E-state index contributed by atoms with van der Waals surface area (Å²) in [6.07, 6.45) is 0. The summed E-state index contributed by atoms with van der Waals surface area (Å²) in [5.41, 5.74) is 8.97. The van der Waals surface area contributed by atoms with Crippen LogP contribution >= 0.6 is 45.9 Å². The zero-order valence-electron chi connectivity index (χ0n) is 13.9. The van der Waals surface area contributed by atoms with Gasteiger partial charge in [-0.1, -0.05) is 29.3 Å². The van der Waals surface area contributed by atoms with Gasteiger partial charge in [0, 0.05) is 22.0 Å². The number of nitrogen functional groups attached to an aromatic ring is 1. The van der Waals surface area contributed by atoms with Crippen LogP contribution in [0.2, 0.25) is 10.0 Å². The molecule has 4 aromatic rings. The summed E-state index contributed by atoms with van der Waals surface area (Å²) in [7, 11) is 0. The summed E-state index contributed by atoms with van der Waals surface area (Å²) in [4.78, 5) is 22.7. The van der Waals surface area contributed by atoms with E-state index >= 15 is 0 Å². The number of anilines is 2. The number of halogens is 2.